The third-order valence-corrected chi connectivity index (χ3v) is 2.80. The first kappa shape index (κ1) is 14.8. The van der Waals surface area contributed by atoms with Crippen LogP contribution in [-0.2, 0) is 11.2 Å². The molecule has 0 saturated carbocycles. The van der Waals surface area contributed by atoms with Crippen LogP contribution in [0.25, 0.3) is 0 Å². The SMILES string of the molecule is CC(C)(C)CCCC(=O)Cc1cccc(F)c1F. The van der Waals surface area contributed by atoms with Gasteiger partial charge >= 0.3 is 0 Å². The summed E-state index contributed by atoms with van der Waals surface area (Å²) in [5, 5.41) is 0. The summed E-state index contributed by atoms with van der Waals surface area (Å²) in [5.41, 5.74) is 0.348. The maximum Gasteiger partial charge on any atom is 0.162 e. The summed E-state index contributed by atoms with van der Waals surface area (Å²) >= 11 is 0. The lowest BCUT2D eigenvalue weighted by molar-refractivity contribution is -0.118. The van der Waals surface area contributed by atoms with Crippen molar-refractivity contribution in [1.82, 2.24) is 0 Å². The van der Waals surface area contributed by atoms with Crippen molar-refractivity contribution in [3.63, 3.8) is 0 Å². The number of benzene rings is 1. The van der Waals surface area contributed by atoms with E-state index in [1.54, 1.807) is 0 Å². The molecule has 0 fully saturated rings. The number of rotatable bonds is 5. The first-order valence-corrected chi connectivity index (χ1v) is 6.24. The van der Waals surface area contributed by atoms with Crippen LogP contribution in [0.5, 0.6) is 0 Å². The van der Waals surface area contributed by atoms with E-state index in [1.165, 1.54) is 12.1 Å². The Morgan fingerprint density at radius 3 is 2.50 bits per heavy atom. The molecule has 0 heterocycles. The summed E-state index contributed by atoms with van der Waals surface area (Å²) in [6.07, 6.45) is 2.14. The minimum atomic E-state index is -0.901. The lowest BCUT2D eigenvalue weighted by Crippen LogP contribution is -2.09. The predicted octanol–water partition coefficient (Wildman–Crippen LogP) is 4.29. The van der Waals surface area contributed by atoms with E-state index in [0.717, 1.165) is 18.9 Å². The van der Waals surface area contributed by atoms with Crippen molar-refractivity contribution in [2.75, 3.05) is 0 Å². The molecule has 0 N–H and O–H groups in total. The lowest BCUT2D eigenvalue weighted by atomic mass is 9.89. The van der Waals surface area contributed by atoms with Crippen LogP contribution in [0.4, 0.5) is 8.78 Å². The molecular formula is C15H20F2O. The zero-order valence-electron chi connectivity index (χ0n) is 11.2. The highest BCUT2D eigenvalue weighted by Gasteiger charge is 2.14. The Labute approximate surface area is 107 Å². The van der Waals surface area contributed by atoms with E-state index >= 15 is 0 Å². The maximum atomic E-state index is 13.3. The zero-order chi connectivity index (χ0) is 13.8. The largest absolute Gasteiger partial charge is 0.299 e. The molecule has 1 nitrogen and oxygen atoms in total. The predicted molar refractivity (Wildman–Crippen MR) is 68.4 cm³/mol. The number of halogens is 2. The first-order chi connectivity index (χ1) is 8.29. The van der Waals surface area contributed by atoms with Gasteiger partial charge in [-0.2, -0.15) is 0 Å². The van der Waals surface area contributed by atoms with E-state index in [4.69, 9.17) is 0 Å². The molecule has 0 aliphatic rings. The van der Waals surface area contributed by atoms with Crippen LogP contribution in [-0.4, -0.2) is 5.78 Å². The molecule has 0 amide bonds. The molecule has 0 aliphatic carbocycles. The topological polar surface area (TPSA) is 17.1 Å². The van der Waals surface area contributed by atoms with Gasteiger partial charge in [0.1, 0.15) is 5.78 Å². The number of carbonyl (C=O) groups is 1. The Bertz CT molecular complexity index is 419. The van der Waals surface area contributed by atoms with Gasteiger partial charge in [-0.05, 0) is 29.9 Å². The normalized spacial score (nSPS) is 11.6. The molecule has 0 bridgehead atoms. The molecule has 1 rings (SSSR count). The third kappa shape index (κ3) is 4.94. The lowest BCUT2D eigenvalue weighted by Gasteiger charge is -2.17. The Morgan fingerprint density at radius 1 is 1.22 bits per heavy atom. The number of Topliss-reactive ketones (excluding diaryl/α,β-unsaturated/α-hetero) is 1. The Morgan fingerprint density at radius 2 is 1.89 bits per heavy atom. The van der Waals surface area contributed by atoms with Crippen molar-refractivity contribution in [2.24, 2.45) is 5.41 Å². The fraction of sp³-hybridized carbons (Fsp3) is 0.533. The van der Waals surface area contributed by atoms with E-state index in [2.05, 4.69) is 20.8 Å². The maximum absolute atomic E-state index is 13.3. The molecule has 0 saturated heterocycles. The first-order valence-electron chi connectivity index (χ1n) is 6.24. The van der Waals surface area contributed by atoms with Crippen molar-refractivity contribution < 1.29 is 13.6 Å². The summed E-state index contributed by atoms with van der Waals surface area (Å²) in [4.78, 5) is 11.7. The van der Waals surface area contributed by atoms with Gasteiger partial charge in [-0.3, -0.25) is 4.79 Å². The van der Waals surface area contributed by atoms with Crippen LogP contribution in [0, 0.1) is 17.0 Å². The molecule has 0 aromatic heterocycles. The average molecular weight is 254 g/mol. The highest BCUT2D eigenvalue weighted by Crippen LogP contribution is 2.22. The van der Waals surface area contributed by atoms with Gasteiger partial charge in [0.05, 0.1) is 0 Å². The van der Waals surface area contributed by atoms with E-state index in [9.17, 15) is 13.6 Å². The van der Waals surface area contributed by atoms with Gasteiger partial charge in [0.15, 0.2) is 11.6 Å². The summed E-state index contributed by atoms with van der Waals surface area (Å²) in [6.45, 7) is 6.34. The monoisotopic (exact) mass is 254 g/mol. The van der Waals surface area contributed by atoms with Gasteiger partial charge in [0, 0.05) is 12.8 Å². The minimum absolute atomic E-state index is 0.0201. The van der Waals surface area contributed by atoms with Crippen molar-refractivity contribution in [1.29, 1.82) is 0 Å². The average Bonchev–Trinajstić information content (AvgIpc) is 2.23. The van der Waals surface area contributed by atoms with Crippen molar-refractivity contribution in [2.45, 2.75) is 46.5 Å². The van der Waals surface area contributed by atoms with Gasteiger partial charge < -0.3 is 0 Å². The van der Waals surface area contributed by atoms with Crippen LogP contribution in [0.15, 0.2) is 18.2 Å². The van der Waals surface area contributed by atoms with Gasteiger partial charge in [-0.25, -0.2) is 8.78 Å². The number of carbonyl (C=O) groups excluding carboxylic acids is 1. The van der Waals surface area contributed by atoms with Gasteiger partial charge in [-0.15, -0.1) is 0 Å². The Hall–Kier alpha value is -1.25. The molecule has 0 aliphatic heterocycles. The summed E-state index contributed by atoms with van der Waals surface area (Å²) in [7, 11) is 0. The van der Waals surface area contributed by atoms with Crippen LogP contribution >= 0.6 is 0 Å². The third-order valence-electron chi connectivity index (χ3n) is 2.80. The van der Waals surface area contributed by atoms with E-state index in [1.807, 2.05) is 0 Å². The fourth-order valence-corrected chi connectivity index (χ4v) is 1.80. The zero-order valence-corrected chi connectivity index (χ0v) is 11.2. The number of hydrogen-bond donors (Lipinski definition) is 0. The summed E-state index contributed by atoms with van der Waals surface area (Å²) < 4.78 is 26.3. The van der Waals surface area contributed by atoms with Crippen LogP contribution in [0.2, 0.25) is 0 Å². The van der Waals surface area contributed by atoms with Gasteiger partial charge in [-0.1, -0.05) is 32.9 Å². The summed E-state index contributed by atoms with van der Waals surface area (Å²) in [6, 6.07) is 3.94. The molecule has 0 spiro atoms. The smallest absolute Gasteiger partial charge is 0.162 e. The van der Waals surface area contributed by atoms with E-state index in [0.29, 0.717) is 6.42 Å². The Kier molecular flexibility index (Phi) is 5.00. The minimum Gasteiger partial charge on any atom is -0.299 e. The highest BCUT2D eigenvalue weighted by molar-refractivity contribution is 5.80. The van der Waals surface area contributed by atoms with E-state index < -0.39 is 11.6 Å². The van der Waals surface area contributed by atoms with Crippen molar-refractivity contribution >= 4 is 5.78 Å². The quantitative estimate of drug-likeness (QED) is 0.766. The molecule has 0 unspecified atom stereocenters. The summed E-state index contributed by atoms with van der Waals surface area (Å²) in [5.74, 6) is -1.83. The molecule has 1 aromatic carbocycles. The second kappa shape index (κ2) is 6.07. The number of ketones is 1. The molecule has 1 aromatic rings. The van der Waals surface area contributed by atoms with Crippen molar-refractivity contribution in [3.8, 4) is 0 Å². The van der Waals surface area contributed by atoms with Gasteiger partial charge in [0.2, 0.25) is 0 Å². The molecule has 100 valence electrons. The van der Waals surface area contributed by atoms with Crippen molar-refractivity contribution in [3.05, 3.63) is 35.4 Å². The van der Waals surface area contributed by atoms with Gasteiger partial charge in [0.25, 0.3) is 0 Å². The molecule has 18 heavy (non-hydrogen) atoms. The van der Waals surface area contributed by atoms with Crippen LogP contribution in [0.3, 0.4) is 0 Å². The number of hydrogen-bond acceptors (Lipinski definition) is 1. The molecular weight excluding hydrogens is 234 g/mol. The molecule has 0 atom stereocenters. The second-order valence-electron chi connectivity index (χ2n) is 5.84. The highest BCUT2D eigenvalue weighted by atomic mass is 19.2. The molecule has 3 heteroatoms. The standard InChI is InChI=1S/C15H20F2O/c1-15(2,3)9-5-7-12(18)10-11-6-4-8-13(16)14(11)17/h4,6,8H,5,7,9-10H2,1-3H3. The fourth-order valence-electron chi connectivity index (χ4n) is 1.80. The Balaban J connectivity index is 2.48. The van der Waals surface area contributed by atoms with E-state index in [-0.39, 0.29) is 23.2 Å². The molecule has 0 radical (unpaired) electrons. The second-order valence-corrected chi connectivity index (χ2v) is 5.84. The van der Waals surface area contributed by atoms with Crippen LogP contribution in [0.1, 0.15) is 45.6 Å². The van der Waals surface area contributed by atoms with Crippen LogP contribution < -0.4 is 0 Å².